The zero-order valence-corrected chi connectivity index (χ0v) is 19.7. The molecule has 1 aromatic heterocycles. The van der Waals surface area contributed by atoms with Crippen molar-refractivity contribution in [3.05, 3.63) is 41.0 Å². The van der Waals surface area contributed by atoms with Gasteiger partial charge in [-0.3, -0.25) is 9.38 Å². The molecule has 2 aliphatic rings. The van der Waals surface area contributed by atoms with E-state index in [1.54, 1.807) is 11.3 Å². The average molecular weight is 428 g/mol. The Labute approximate surface area is 184 Å². The fraction of sp³-hybridized carbons (Fsp3) is 0.583. The maximum Gasteiger partial charge on any atom is 0.331 e. The van der Waals surface area contributed by atoms with Gasteiger partial charge < -0.3 is 5.73 Å². The third kappa shape index (κ3) is 3.64. The zero-order chi connectivity index (χ0) is 21.7. The van der Waals surface area contributed by atoms with Crippen LogP contribution in [0.1, 0.15) is 50.9 Å². The maximum atomic E-state index is 13.9. The Bertz CT molecular complexity index is 922. The largest absolute Gasteiger partial charge is 0.331 e. The third-order valence-corrected chi connectivity index (χ3v) is 8.56. The van der Waals surface area contributed by atoms with Gasteiger partial charge in [-0.25, -0.2) is 9.78 Å². The highest BCUT2D eigenvalue weighted by atomic mass is 32.1. The molecule has 2 saturated heterocycles. The molecule has 3 heterocycles. The number of rotatable bonds is 3. The minimum atomic E-state index is -0.119. The number of carbonyl (C=O) groups excluding carboxylic acids is 1. The van der Waals surface area contributed by atoms with Crippen molar-refractivity contribution in [1.29, 1.82) is 0 Å². The van der Waals surface area contributed by atoms with Gasteiger partial charge in [0.25, 0.3) is 0 Å². The van der Waals surface area contributed by atoms with E-state index in [1.165, 1.54) is 16.0 Å². The Morgan fingerprint density at radius 1 is 1.30 bits per heavy atom. The number of quaternary nitrogens is 1. The fourth-order valence-corrected chi connectivity index (χ4v) is 6.17. The van der Waals surface area contributed by atoms with Crippen LogP contribution in [0.3, 0.4) is 0 Å². The lowest BCUT2D eigenvalue weighted by Gasteiger charge is -2.49. The summed E-state index contributed by atoms with van der Waals surface area (Å²) in [5, 5.41) is 0. The van der Waals surface area contributed by atoms with E-state index < -0.39 is 0 Å². The van der Waals surface area contributed by atoms with Gasteiger partial charge in [-0.1, -0.05) is 38.1 Å². The molecular formula is C24H35N4OS+. The molecule has 2 N–H and O–H groups in total. The summed E-state index contributed by atoms with van der Waals surface area (Å²) in [6.07, 6.45) is 2.04. The van der Waals surface area contributed by atoms with Gasteiger partial charge in [0.05, 0.1) is 29.7 Å². The van der Waals surface area contributed by atoms with Gasteiger partial charge in [0.1, 0.15) is 12.1 Å². The summed E-state index contributed by atoms with van der Waals surface area (Å²) >= 11 is 1.67. The van der Waals surface area contributed by atoms with Crippen LogP contribution in [-0.4, -0.2) is 59.0 Å². The minimum absolute atomic E-state index is 0.00119. The second kappa shape index (κ2) is 7.83. The minimum Gasteiger partial charge on any atom is -0.326 e. The SMILES string of the molecule is Cc1ncsc1-c1ccc([C@H](C)[N+]2(C)CC(C)(C)[C@H](N)CN3CCC[C@H]3C2=O)cc1. The van der Waals surface area contributed by atoms with Crippen molar-refractivity contribution in [2.75, 3.05) is 26.7 Å². The van der Waals surface area contributed by atoms with Crippen LogP contribution < -0.4 is 5.73 Å². The van der Waals surface area contributed by atoms with Crippen LogP contribution in [-0.2, 0) is 4.79 Å². The number of benzene rings is 1. The summed E-state index contributed by atoms with van der Waals surface area (Å²) in [5.41, 5.74) is 11.9. The van der Waals surface area contributed by atoms with Crippen LogP contribution in [0, 0.1) is 12.3 Å². The van der Waals surface area contributed by atoms with Crippen molar-refractivity contribution in [2.45, 2.75) is 58.7 Å². The molecule has 1 unspecified atom stereocenters. The molecule has 0 saturated carbocycles. The second-order valence-corrected chi connectivity index (χ2v) is 10.9. The first-order valence-electron chi connectivity index (χ1n) is 11.0. The molecule has 1 aromatic carbocycles. The quantitative estimate of drug-likeness (QED) is 0.753. The highest BCUT2D eigenvalue weighted by molar-refractivity contribution is 7.13. The first-order valence-corrected chi connectivity index (χ1v) is 11.9. The number of fused-ring (bicyclic) bond motifs is 1. The molecule has 0 aliphatic carbocycles. The Morgan fingerprint density at radius 3 is 2.63 bits per heavy atom. The van der Waals surface area contributed by atoms with E-state index in [4.69, 9.17) is 5.73 Å². The summed E-state index contributed by atoms with van der Waals surface area (Å²) in [7, 11) is 2.13. The lowest BCUT2D eigenvalue weighted by Crippen LogP contribution is -2.66. The van der Waals surface area contributed by atoms with E-state index >= 15 is 0 Å². The first kappa shape index (κ1) is 21.6. The smallest absolute Gasteiger partial charge is 0.326 e. The number of hydrogen-bond acceptors (Lipinski definition) is 5. The number of thiazole rings is 1. The van der Waals surface area contributed by atoms with Crippen molar-refractivity contribution in [3.63, 3.8) is 0 Å². The first-order chi connectivity index (χ1) is 14.1. The van der Waals surface area contributed by atoms with Gasteiger partial charge in [0.15, 0.2) is 0 Å². The number of likely N-dealkylation sites (N-methyl/N-ethyl adjacent to an activating group) is 1. The number of nitrogens with zero attached hydrogens (tertiary/aromatic N) is 3. The van der Waals surface area contributed by atoms with Crippen molar-refractivity contribution in [1.82, 2.24) is 9.88 Å². The molecule has 0 radical (unpaired) electrons. The molecule has 1 amide bonds. The average Bonchev–Trinajstić information content (AvgIpc) is 3.34. The monoisotopic (exact) mass is 427 g/mol. The number of amides is 1. The molecular weight excluding hydrogens is 392 g/mol. The summed E-state index contributed by atoms with van der Waals surface area (Å²) in [5.74, 6) is 0.349. The summed E-state index contributed by atoms with van der Waals surface area (Å²) < 4.78 is 0.404. The van der Waals surface area contributed by atoms with Crippen LogP contribution in [0.15, 0.2) is 29.8 Å². The van der Waals surface area contributed by atoms with Crippen molar-refractivity contribution in [3.8, 4) is 10.4 Å². The molecule has 5 nitrogen and oxygen atoms in total. The standard InChI is InChI=1S/C24H35N4OS/c1-16-22(30-15-26-16)19-10-8-18(9-11-19)17(2)28(5)14-24(3,4)21(25)13-27-12-6-7-20(27)23(28)29/h8-11,15,17,20-21H,6-7,12-14,25H2,1-5H3/q+1/t17-,20-,21+,28?/m0/s1. The maximum absolute atomic E-state index is 13.9. The Kier molecular flexibility index (Phi) is 5.64. The predicted molar refractivity (Wildman–Crippen MR) is 123 cm³/mol. The normalized spacial score (nSPS) is 30.5. The van der Waals surface area contributed by atoms with Crippen LogP contribution >= 0.6 is 11.3 Å². The number of nitrogens with two attached hydrogens (primary N) is 1. The summed E-state index contributed by atoms with van der Waals surface area (Å²) in [6.45, 7) is 11.3. The number of carbonyl (C=O) groups is 1. The molecule has 0 bridgehead atoms. The molecule has 30 heavy (non-hydrogen) atoms. The highest BCUT2D eigenvalue weighted by Crippen LogP contribution is 2.39. The van der Waals surface area contributed by atoms with Crippen LogP contribution in [0.4, 0.5) is 0 Å². The van der Waals surface area contributed by atoms with Crippen molar-refractivity contribution >= 4 is 17.2 Å². The summed E-state index contributed by atoms with van der Waals surface area (Å²) in [6, 6.07) is 8.85. The van der Waals surface area contributed by atoms with Crippen LogP contribution in [0.2, 0.25) is 0 Å². The number of aryl methyl sites for hydroxylation is 1. The van der Waals surface area contributed by atoms with E-state index in [9.17, 15) is 4.79 Å². The molecule has 162 valence electrons. The number of hydrogen-bond donors (Lipinski definition) is 1. The van der Waals surface area contributed by atoms with Gasteiger partial charge in [-0.2, -0.15) is 0 Å². The molecule has 4 atom stereocenters. The number of aromatic nitrogens is 1. The van der Waals surface area contributed by atoms with Gasteiger partial charge in [0, 0.05) is 23.6 Å². The topological polar surface area (TPSA) is 59.2 Å². The zero-order valence-electron chi connectivity index (χ0n) is 18.9. The predicted octanol–water partition coefficient (Wildman–Crippen LogP) is 3.98. The van der Waals surface area contributed by atoms with E-state index in [0.717, 1.165) is 38.2 Å². The molecule has 2 fully saturated rings. The third-order valence-electron chi connectivity index (χ3n) is 7.58. The van der Waals surface area contributed by atoms with E-state index in [0.29, 0.717) is 10.4 Å². The molecule has 0 spiro atoms. The van der Waals surface area contributed by atoms with Crippen LogP contribution in [0.25, 0.3) is 10.4 Å². The van der Waals surface area contributed by atoms with E-state index in [-0.39, 0.29) is 23.5 Å². The summed E-state index contributed by atoms with van der Waals surface area (Å²) in [4.78, 5) is 21.8. The Morgan fingerprint density at radius 2 is 2.00 bits per heavy atom. The van der Waals surface area contributed by atoms with Crippen LogP contribution in [0.5, 0.6) is 0 Å². The van der Waals surface area contributed by atoms with E-state index in [2.05, 4.69) is 62.0 Å². The molecule has 2 aromatic rings. The van der Waals surface area contributed by atoms with Gasteiger partial charge in [-0.05, 0) is 38.8 Å². The van der Waals surface area contributed by atoms with Crippen molar-refractivity contribution in [2.24, 2.45) is 11.1 Å². The van der Waals surface area contributed by atoms with Crippen molar-refractivity contribution < 1.29 is 9.28 Å². The molecule has 6 heteroatoms. The fourth-order valence-electron chi connectivity index (χ4n) is 5.36. The van der Waals surface area contributed by atoms with Gasteiger partial charge in [-0.15, -0.1) is 11.3 Å². The Balaban J connectivity index is 1.68. The second-order valence-electron chi connectivity index (χ2n) is 10.1. The Hall–Kier alpha value is -1.60. The highest BCUT2D eigenvalue weighted by Gasteiger charge is 2.52. The molecule has 4 rings (SSSR count). The lowest BCUT2D eigenvalue weighted by atomic mass is 9.81. The van der Waals surface area contributed by atoms with Gasteiger partial charge in [0.2, 0.25) is 0 Å². The van der Waals surface area contributed by atoms with Gasteiger partial charge >= 0.3 is 5.91 Å². The molecule has 2 aliphatic heterocycles. The van der Waals surface area contributed by atoms with E-state index in [1.807, 2.05) is 12.4 Å². The lowest BCUT2D eigenvalue weighted by molar-refractivity contribution is -0.872.